The highest BCUT2D eigenvalue weighted by Crippen LogP contribution is 2.36. The summed E-state index contributed by atoms with van der Waals surface area (Å²) in [5.41, 5.74) is -0.794. The first kappa shape index (κ1) is 13.9. The predicted molar refractivity (Wildman–Crippen MR) is 62.3 cm³/mol. The first-order chi connectivity index (χ1) is 9.30. The molecule has 1 aromatic carbocycles. The second-order valence-electron chi connectivity index (χ2n) is 4.07. The van der Waals surface area contributed by atoms with Crippen LogP contribution < -0.4 is 10.4 Å². The van der Waals surface area contributed by atoms with Gasteiger partial charge in [0, 0.05) is 6.20 Å². The van der Waals surface area contributed by atoms with Crippen molar-refractivity contribution >= 4 is 11.7 Å². The highest BCUT2D eigenvalue weighted by Gasteiger charge is 2.62. The molecule has 5 nitrogen and oxygen atoms in total. The quantitative estimate of drug-likeness (QED) is 0.865. The number of anilines is 1. The number of hydrogen-bond donors (Lipinski definition) is 2. The van der Waals surface area contributed by atoms with E-state index in [4.69, 9.17) is 10.4 Å². The van der Waals surface area contributed by atoms with E-state index in [1.54, 1.807) is 0 Å². The van der Waals surface area contributed by atoms with Crippen molar-refractivity contribution in [2.45, 2.75) is 11.7 Å². The lowest BCUT2D eigenvalue weighted by Gasteiger charge is -2.29. The summed E-state index contributed by atoms with van der Waals surface area (Å²) in [6.07, 6.45) is -3.51. The van der Waals surface area contributed by atoms with E-state index in [0.29, 0.717) is 6.08 Å². The maximum Gasteiger partial charge on any atom is 0.422 e. The van der Waals surface area contributed by atoms with Gasteiger partial charge in [-0.25, -0.2) is 10.2 Å². The molecule has 20 heavy (non-hydrogen) atoms. The van der Waals surface area contributed by atoms with Crippen LogP contribution >= 0.6 is 0 Å². The van der Waals surface area contributed by atoms with E-state index in [1.165, 1.54) is 24.3 Å². The van der Waals surface area contributed by atoms with E-state index in [1.807, 2.05) is 11.5 Å². The molecular weight excluding hydrogens is 275 g/mol. The van der Waals surface area contributed by atoms with Gasteiger partial charge >= 0.3 is 12.1 Å². The van der Waals surface area contributed by atoms with Crippen LogP contribution in [0, 0.1) is 11.3 Å². The summed E-state index contributed by atoms with van der Waals surface area (Å²) >= 11 is 0. The van der Waals surface area contributed by atoms with Crippen LogP contribution in [0.3, 0.4) is 0 Å². The number of nitrogens with one attached hydrogen (secondary N) is 1. The van der Waals surface area contributed by atoms with E-state index < -0.39 is 17.7 Å². The number of hydrazine groups is 1. The highest BCUT2D eigenvalue weighted by atomic mass is 19.4. The molecule has 2 N–H and O–H groups in total. The van der Waals surface area contributed by atoms with Gasteiger partial charge < -0.3 is 5.11 Å². The van der Waals surface area contributed by atoms with Crippen LogP contribution in [0.15, 0.2) is 36.5 Å². The molecule has 1 aliphatic rings. The first-order valence-corrected chi connectivity index (χ1v) is 5.37. The first-order valence-electron chi connectivity index (χ1n) is 5.37. The molecule has 1 heterocycles. The summed E-state index contributed by atoms with van der Waals surface area (Å²) in [6, 6.07) is 7.60. The Balaban J connectivity index is 2.35. The molecule has 2 rings (SSSR count). The third-order valence-corrected chi connectivity index (χ3v) is 2.81. The number of benzene rings is 1. The lowest BCUT2D eigenvalue weighted by atomic mass is 10.0. The number of carbonyl (C=O) groups is 1. The fraction of sp³-hybridized carbons (Fsp3) is 0.167. The summed E-state index contributed by atoms with van der Waals surface area (Å²) in [6.45, 7) is 0. The van der Waals surface area contributed by atoms with Crippen molar-refractivity contribution in [3.8, 4) is 6.07 Å². The number of rotatable bonds is 2. The standard InChI is InChI=1S/C12H8F3N3O2/c13-12(14,15)11(10(19)20)4-5-18(17-11)9-3-1-2-8(6-9)7-16/h1-6,17H,(H,19,20). The number of nitriles is 1. The minimum absolute atomic E-state index is 0.229. The monoisotopic (exact) mass is 283 g/mol. The summed E-state index contributed by atoms with van der Waals surface area (Å²) in [5.74, 6) is -2.06. The van der Waals surface area contributed by atoms with Crippen LogP contribution in [0.25, 0.3) is 0 Å². The number of aliphatic carboxylic acids is 1. The molecule has 0 radical (unpaired) electrons. The van der Waals surface area contributed by atoms with E-state index in [2.05, 4.69) is 0 Å². The van der Waals surface area contributed by atoms with Gasteiger partial charge in [0.05, 0.1) is 17.3 Å². The van der Waals surface area contributed by atoms with Crippen LogP contribution in [0.4, 0.5) is 18.9 Å². The van der Waals surface area contributed by atoms with Gasteiger partial charge in [-0.15, -0.1) is 0 Å². The molecule has 0 fully saturated rings. The molecule has 0 spiro atoms. The Kier molecular flexibility index (Phi) is 3.15. The van der Waals surface area contributed by atoms with Gasteiger partial charge in [0.2, 0.25) is 0 Å². The average Bonchev–Trinajstić information content (AvgIpc) is 2.85. The van der Waals surface area contributed by atoms with Crippen molar-refractivity contribution in [3.05, 3.63) is 42.1 Å². The minimum Gasteiger partial charge on any atom is -0.479 e. The molecule has 0 aliphatic carbocycles. The lowest BCUT2D eigenvalue weighted by Crippen LogP contribution is -2.61. The molecule has 104 valence electrons. The smallest absolute Gasteiger partial charge is 0.422 e. The molecule has 0 saturated carbocycles. The second-order valence-corrected chi connectivity index (χ2v) is 4.07. The summed E-state index contributed by atoms with van der Waals surface area (Å²) in [5, 5.41) is 18.5. The van der Waals surface area contributed by atoms with Crippen molar-refractivity contribution in [2.24, 2.45) is 0 Å². The molecule has 1 aromatic rings. The Morgan fingerprint density at radius 2 is 2.15 bits per heavy atom. The molecule has 8 heteroatoms. The van der Waals surface area contributed by atoms with E-state index >= 15 is 0 Å². The van der Waals surface area contributed by atoms with E-state index in [-0.39, 0.29) is 11.3 Å². The fourth-order valence-electron chi connectivity index (χ4n) is 1.73. The largest absolute Gasteiger partial charge is 0.479 e. The zero-order valence-electron chi connectivity index (χ0n) is 9.85. The van der Waals surface area contributed by atoms with Crippen LogP contribution in [-0.2, 0) is 4.79 Å². The molecule has 0 bridgehead atoms. The summed E-state index contributed by atoms with van der Waals surface area (Å²) < 4.78 is 38.8. The Bertz CT molecular complexity index is 621. The number of nitrogens with zero attached hydrogens (tertiary/aromatic N) is 2. The van der Waals surface area contributed by atoms with Crippen molar-refractivity contribution < 1.29 is 23.1 Å². The van der Waals surface area contributed by atoms with Gasteiger partial charge in [0.1, 0.15) is 0 Å². The minimum atomic E-state index is -5.00. The van der Waals surface area contributed by atoms with E-state index in [0.717, 1.165) is 11.2 Å². The van der Waals surface area contributed by atoms with Gasteiger partial charge in [0.25, 0.3) is 5.54 Å². The SMILES string of the molecule is N#Cc1cccc(N2C=CC(C(=O)O)(C(F)(F)F)N2)c1. The fourth-order valence-corrected chi connectivity index (χ4v) is 1.73. The summed E-state index contributed by atoms with van der Waals surface area (Å²) in [7, 11) is 0. The number of hydrogen-bond acceptors (Lipinski definition) is 4. The third-order valence-electron chi connectivity index (χ3n) is 2.81. The topological polar surface area (TPSA) is 76.4 Å². The average molecular weight is 283 g/mol. The highest BCUT2D eigenvalue weighted by molar-refractivity contribution is 5.84. The normalized spacial score (nSPS) is 21.8. The Labute approximate surface area is 111 Å². The van der Waals surface area contributed by atoms with Crippen LogP contribution in [0.5, 0.6) is 0 Å². The molecule has 0 amide bonds. The molecular formula is C12H8F3N3O2. The second kappa shape index (κ2) is 4.54. The maximum atomic E-state index is 12.9. The molecule has 0 aromatic heterocycles. The molecule has 0 saturated heterocycles. The number of alkyl halides is 3. The predicted octanol–water partition coefficient (Wildman–Crippen LogP) is 1.78. The van der Waals surface area contributed by atoms with Crippen molar-refractivity contribution in [3.63, 3.8) is 0 Å². The Morgan fingerprint density at radius 3 is 2.65 bits per heavy atom. The number of carboxylic acids is 1. The maximum absolute atomic E-state index is 12.9. The van der Waals surface area contributed by atoms with Gasteiger partial charge in [-0.2, -0.15) is 18.4 Å². The number of carboxylic acid groups (broad SMARTS) is 1. The third kappa shape index (κ3) is 2.08. The zero-order chi connectivity index (χ0) is 15.0. The van der Waals surface area contributed by atoms with Gasteiger partial charge in [-0.1, -0.05) is 6.07 Å². The zero-order valence-corrected chi connectivity index (χ0v) is 9.85. The van der Waals surface area contributed by atoms with Crippen LogP contribution in [0.2, 0.25) is 0 Å². The lowest BCUT2D eigenvalue weighted by molar-refractivity contribution is -0.197. The molecule has 1 aliphatic heterocycles. The van der Waals surface area contributed by atoms with Crippen molar-refractivity contribution in [1.82, 2.24) is 5.43 Å². The Hall–Kier alpha value is -2.53. The number of halogens is 3. The molecule has 1 atom stereocenters. The van der Waals surface area contributed by atoms with Gasteiger partial charge in [-0.05, 0) is 24.3 Å². The Morgan fingerprint density at radius 1 is 1.45 bits per heavy atom. The molecule has 1 unspecified atom stereocenters. The van der Waals surface area contributed by atoms with Crippen molar-refractivity contribution in [1.29, 1.82) is 5.26 Å². The van der Waals surface area contributed by atoms with Crippen molar-refractivity contribution in [2.75, 3.05) is 5.01 Å². The van der Waals surface area contributed by atoms with Gasteiger partial charge in [-0.3, -0.25) is 5.01 Å². The van der Waals surface area contributed by atoms with Crippen LogP contribution in [0.1, 0.15) is 5.56 Å². The van der Waals surface area contributed by atoms with E-state index in [9.17, 15) is 18.0 Å². The van der Waals surface area contributed by atoms with Crippen LogP contribution in [-0.4, -0.2) is 22.8 Å². The van der Waals surface area contributed by atoms with Gasteiger partial charge in [0.15, 0.2) is 0 Å². The summed E-state index contributed by atoms with van der Waals surface area (Å²) in [4.78, 5) is 11.0.